The summed E-state index contributed by atoms with van der Waals surface area (Å²) in [7, 11) is 0. The van der Waals surface area contributed by atoms with Gasteiger partial charge < -0.3 is 5.32 Å². The molecular weight excluding hydrogens is 429 g/mol. The summed E-state index contributed by atoms with van der Waals surface area (Å²) in [6.07, 6.45) is 0.0294. The molecule has 152 valence electrons. The van der Waals surface area contributed by atoms with E-state index in [1.807, 2.05) is 30.3 Å². The number of nitriles is 2. The largest absolute Gasteiger partial charge is 0.375 e. The Kier molecular flexibility index (Phi) is 5.70. The number of para-hydroxylation sites is 1. The van der Waals surface area contributed by atoms with E-state index in [-0.39, 0.29) is 12.2 Å². The van der Waals surface area contributed by atoms with Crippen molar-refractivity contribution in [1.82, 2.24) is 0 Å². The topological polar surface area (TPSA) is 76.7 Å². The number of nitrogens with zero attached hydrogens (tertiary/aromatic N) is 2. The van der Waals surface area contributed by atoms with Gasteiger partial charge in [0.1, 0.15) is 0 Å². The minimum absolute atomic E-state index is 0.0294. The quantitative estimate of drug-likeness (QED) is 0.461. The molecule has 1 heterocycles. The lowest BCUT2D eigenvalue weighted by Crippen LogP contribution is -2.42. The first-order valence-corrected chi connectivity index (χ1v) is 10.5. The first-order chi connectivity index (χ1) is 15.0. The van der Waals surface area contributed by atoms with Gasteiger partial charge in [-0.1, -0.05) is 77.8 Å². The van der Waals surface area contributed by atoms with Crippen LogP contribution >= 0.6 is 23.2 Å². The van der Waals surface area contributed by atoms with Gasteiger partial charge in [-0.25, -0.2) is 0 Å². The molecule has 0 saturated heterocycles. The van der Waals surface area contributed by atoms with Crippen LogP contribution in [0.5, 0.6) is 0 Å². The lowest BCUT2D eigenvalue weighted by atomic mass is 9.63. The molecule has 6 heteroatoms. The third-order valence-corrected chi connectivity index (χ3v) is 6.51. The summed E-state index contributed by atoms with van der Waals surface area (Å²) in [5.74, 6) is -0.753. The number of nitrogens with one attached hydrogen (secondary N) is 1. The van der Waals surface area contributed by atoms with Crippen LogP contribution in [0, 0.1) is 28.1 Å². The number of rotatable bonds is 4. The second-order valence-electron chi connectivity index (χ2n) is 7.48. The number of carbonyl (C=O) groups is 1. The van der Waals surface area contributed by atoms with Crippen LogP contribution < -0.4 is 5.32 Å². The van der Waals surface area contributed by atoms with Crippen molar-refractivity contribution in [1.29, 1.82) is 10.5 Å². The van der Waals surface area contributed by atoms with E-state index in [1.165, 1.54) is 0 Å². The second-order valence-corrected chi connectivity index (χ2v) is 8.29. The molecule has 1 aliphatic rings. The van der Waals surface area contributed by atoms with Crippen molar-refractivity contribution in [2.24, 2.45) is 5.41 Å². The molecule has 2 atom stereocenters. The van der Waals surface area contributed by atoms with Gasteiger partial charge in [-0.05, 0) is 29.3 Å². The van der Waals surface area contributed by atoms with Crippen molar-refractivity contribution in [2.75, 3.05) is 5.32 Å². The van der Waals surface area contributed by atoms with E-state index in [0.29, 0.717) is 21.2 Å². The average Bonchev–Trinajstić information content (AvgIpc) is 2.81. The predicted molar refractivity (Wildman–Crippen MR) is 121 cm³/mol. The van der Waals surface area contributed by atoms with E-state index in [2.05, 4.69) is 17.5 Å². The number of benzene rings is 3. The molecule has 31 heavy (non-hydrogen) atoms. The van der Waals surface area contributed by atoms with E-state index in [0.717, 1.165) is 11.3 Å². The summed E-state index contributed by atoms with van der Waals surface area (Å²) in [6.45, 7) is 0. The van der Waals surface area contributed by atoms with Gasteiger partial charge in [-0.3, -0.25) is 4.79 Å². The minimum Gasteiger partial charge on any atom is -0.375 e. The molecule has 0 fully saturated rings. The zero-order valence-corrected chi connectivity index (χ0v) is 17.9. The molecule has 4 nitrogen and oxygen atoms in total. The average molecular weight is 446 g/mol. The number of hydrogen-bond donors (Lipinski definition) is 1. The summed E-state index contributed by atoms with van der Waals surface area (Å²) in [5, 5.41) is 24.6. The molecule has 1 N–H and O–H groups in total. The third kappa shape index (κ3) is 3.66. The van der Waals surface area contributed by atoms with Crippen LogP contribution in [0.1, 0.15) is 39.9 Å². The maximum Gasteiger partial charge on any atom is 0.175 e. The summed E-state index contributed by atoms with van der Waals surface area (Å²) in [5.41, 5.74) is 1.23. The van der Waals surface area contributed by atoms with Crippen LogP contribution in [0.3, 0.4) is 0 Å². The highest BCUT2D eigenvalue weighted by molar-refractivity contribution is 6.42. The molecule has 0 radical (unpaired) electrons. The van der Waals surface area contributed by atoms with Crippen LogP contribution in [-0.4, -0.2) is 5.78 Å². The van der Waals surface area contributed by atoms with Crippen LogP contribution in [-0.2, 0) is 0 Å². The van der Waals surface area contributed by atoms with Crippen molar-refractivity contribution < 1.29 is 4.79 Å². The molecule has 3 aromatic rings. The van der Waals surface area contributed by atoms with Gasteiger partial charge in [0.25, 0.3) is 0 Å². The van der Waals surface area contributed by atoms with Crippen LogP contribution in [0.4, 0.5) is 5.69 Å². The number of anilines is 1. The minimum atomic E-state index is -1.53. The second kappa shape index (κ2) is 8.44. The van der Waals surface area contributed by atoms with Gasteiger partial charge >= 0.3 is 0 Å². The Hall–Kier alpha value is -3.31. The van der Waals surface area contributed by atoms with Gasteiger partial charge in [0.15, 0.2) is 11.2 Å². The fraction of sp³-hybridized carbons (Fsp3) is 0.160. The highest BCUT2D eigenvalue weighted by Gasteiger charge is 2.52. The number of ketones is 1. The first kappa shape index (κ1) is 20.9. The van der Waals surface area contributed by atoms with E-state index in [4.69, 9.17) is 23.2 Å². The molecule has 0 saturated carbocycles. The maximum atomic E-state index is 13.1. The fourth-order valence-corrected chi connectivity index (χ4v) is 4.50. The number of Topliss-reactive ketones (excluding diaryl/α,β-unsaturated/α-hetero) is 1. The summed E-state index contributed by atoms with van der Waals surface area (Å²) in [6, 6.07) is 25.2. The lowest BCUT2D eigenvalue weighted by Gasteiger charge is -2.42. The maximum absolute atomic E-state index is 13.1. The Labute approximate surface area is 190 Å². The highest BCUT2D eigenvalue weighted by atomic mass is 35.5. The number of carbonyl (C=O) groups excluding carboxylic acids is 1. The van der Waals surface area contributed by atoms with Crippen molar-refractivity contribution in [3.63, 3.8) is 0 Å². The normalized spacial score (nSPS) is 18.7. The molecule has 4 rings (SSSR count). The van der Waals surface area contributed by atoms with Gasteiger partial charge in [0, 0.05) is 23.6 Å². The Morgan fingerprint density at radius 2 is 1.61 bits per heavy atom. The Morgan fingerprint density at radius 1 is 0.935 bits per heavy atom. The van der Waals surface area contributed by atoms with Crippen LogP contribution in [0.15, 0.2) is 72.8 Å². The Bertz CT molecular complexity index is 1210. The molecule has 0 aromatic heterocycles. The van der Waals surface area contributed by atoms with Crippen molar-refractivity contribution >= 4 is 34.7 Å². The molecule has 0 bridgehead atoms. The molecule has 0 aliphatic carbocycles. The molecule has 0 amide bonds. The molecular formula is C25H17Cl2N3O. The molecule has 0 spiro atoms. The van der Waals surface area contributed by atoms with Gasteiger partial charge in [-0.2, -0.15) is 10.5 Å². The SMILES string of the molecule is N#CC1(C#N)[C@H](CC(=O)c2ccccc2)c2ccccc2N[C@H]1c1ccc(Cl)c(Cl)c1. The van der Waals surface area contributed by atoms with Gasteiger partial charge in [0.05, 0.1) is 28.2 Å². The summed E-state index contributed by atoms with van der Waals surface area (Å²) < 4.78 is 0. The van der Waals surface area contributed by atoms with E-state index in [1.54, 1.807) is 42.5 Å². The summed E-state index contributed by atoms with van der Waals surface area (Å²) in [4.78, 5) is 13.1. The number of halogens is 2. The van der Waals surface area contributed by atoms with Crippen LogP contribution in [0.25, 0.3) is 0 Å². The Morgan fingerprint density at radius 3 is 2.29 bits per heavy atom. The van der Waals surface area contributed by atoms with Crippen LogP contribution in [0.2, 0.25) is 10.0 Å². The van der Waals surface area contributed by atoms with Crippen molar-refractivity contribution in [2.45, 2.75) is 18.4 Å². The fourth-order valence-electron chi connectivity index (χ4n) is 4.19. The molecule has 3 aromatic carbocycles. The van der Waals surface area contributed by atoms with E-state index < -0.39 is 17.4 Å². The van der Waals surface area contributed by atoms with Gasteiger partial charge in [-0.15, -0.1) is 0 Å². The third-order valence-electron chi connectivity index (χ3n) is 5.77. The Balaban J connectivity index is 1.86. The number of fused-ring (bicyclic) bond motifs is 1. The smallest absolute Gasteiger partial charge is 0.175 e. The van der Waals surface area contributed by atoms with E-state index >= 15 is 0 Å². The summed E-state index contributed by atoms with van der Waals surface area (Å²) >= 11 is 12.3. The van der Waals surface area contributed by atoms with Crippen molar-refractivity contribution in [3.8, 4) is 12.1 Å². The first-order valence-electron chi connectivity index (χ1n) is 9.71. The standard InChI is InChI=1S/C25H17Cl2N3O/c26-20-11-10-17(12-21(20)27)24-25(14-28,15-29)19(18-8-4-5-9-22(18)30-24)13-23(31)16-6-2-1-3-7-16/h1-12,19,24,30H,13H2/t19-,24+/m1/s1. The highest BCUT2D eigenvalue weighted by Crippen LogP contribution is 2.54. The zero-order valence-electron chi connectivity index (χ0n) is 16.3. The molecule has 1 aliphatic heterocycles. The van der Waals surface area contributed by atoms with E-state index in [9.17, 15) is 15.3 Å². The van der Waals surface area contributed by atoms with Crippen molar-refractivity contribution in [3.05, 3.63) is 99.5 Å². The molecule has 0 unspecified atom stereocenters. The lowest BCUT2D eigenvalue weighted by molar-refractivity contribution is 0.0957. The monoisotopic (exact) mass is 445 g/mol. The zero-order chi connectivity index (χ0) is 22.0. The predicted octanol–water partition coefficient (Wildman–Crippen LogP) is 6.55. The van der Waals surface area contributed by atoms with Gasteiger partial charge in [0.2, 0.25) is 0 Å². The number of hydrogen-bond acceptors (Lipinski definition) is 4.